The van der Waals surface area contributed by atoms with Gasteiger partial charge in [0.1, 0.15) is 0 Å². The van der Waals surface area contributed by atoms with Crippen molar-refractivity contribution in [1.29, 1.82) is 0 Å². The summed E-state index contributed by atoms with van der Waals surface area (Å²) < 4.78 is 20.3. The summed E-state index contributed by atoms with van der Waals surface area (Å²) in [7, 11) is 5.43. The molecule has 0 amide bonds. The molecule has 146 valence electrons. The van der Waals surface area contributed by atoms with Crippen molar-refractivity contribution in [1.82, 2.24) is 0 Å². The number of hydrogen-bond donors (Lipinski definition) is 3. The molecule has 2 aromatic rings. The van der Waals surface area contributed by atoms with E-state index < -0.39 is 18.3 Å². The molecule has 2 aromatic carbocycles. The molecule has 0 fully saturated rings. The van der Waals surface area contributed by atoms with E-state index in [1.165, 1.54) is 52.7 Å². The van der Waals surface area contributed by atoms with E-state index in [0.29, 0.717) is 5.56 Å². The second-order valence-electron chi connectivity index (χ2n) is 5.60. The lowest BCUT2D eigenvalue weighted by Crippen LogP contribution is -2.17. The van der Waals surface area contributed by atoms with Crippen molar-refractivity contribution in [2.45, 2.75) is 5.92 Å². The van der Waals surface area contributed by atoms with Gasteiger partial charge < -0.3 is 34.3 Å². The molecule has 8 heteroatoms. The van der Waals surface area contributed by atoms with Crippen molar-refractivity contribution in [2.75, 3.05) is 35.0 Å². The zero-order valence-corrected chi connectivity index (χ0v) is 15.5. The Bertz CT molecular complexity index is 780. The van der Waals surface area contributed by atoms with Gasteiger partial charge in [-0.05, 0) is 29.8 Å². The van der Waals surface area contributed by atoms with Gasteiger partial charge in [0.15, 0.2) is 28.8 Å². The van der Waals surface area contributed by atoms with Gasteiger partial charge in [0, 0.05) is 5.56 Å². The molecule has 0 spiro atoms. The number of aromatic hydroxyl groups is 2. The van der Waals surface area contributed by atoms with Gasteiger partial charge in [-0.2, -0.15) is 0 Å². The fourth-order valence-corrected chi connectivity index (χ4v) is 2.69. The van der Waals surface area contributed by atoms with Crippen LogP contribution < -0.4 is 18.9 Å². The molecule has 0 saturated heterocycles. The predicted octanol–water partition coefficient (Wildman–Crippen LogP) is 2.09. The van der Waals surface area contributed by atoms with E-state index in [9.17, 15) is 20.1 Å². The number of carbonyl (C=O) groups is 1. The smallest absolute Gasteiger partial charge is 0.200 e. The third kappa shape index (κ3) is 3.85. The predicted molar refractivity (Wildman–Crippen MR) is 96.6 cm³/mol. The Hall–Kier alpha value is -3.13. The molecule has 27 heavy (non-hydrogen) atoms. The Morgan fingerprint density at radius 3 is 1.52 bits per heavy atom. The second-order valence-corrected chi connectivity index (χ2v) is 5.60. The molecule has 0 aromatic heterocycles. The van der Waals surface area contributed by atoms with E-state index in [4.69, 9.17) is 18.9 Å². The molecule has 8 nitrogen and oxygen atoms in total. The summed E-state index contributed by atoms with van der Waals surface area (Å²) in [6.45, 7) is -0.499. The van der Waals surface area contributed by atoms with Crippen molar-refractivity contribution in [3.63, 3.8) is 0 Å². The third-order valence-electron chi connectivity index (χ3n) is 4.17. The number of ether oxygens (including phenoxy) is 4. The van der Waals surface area contributed by atoms with Crippen molar-refractivity contribution in [3.8, 4) is 34.5 Å². The van der Waals surface area contributed by atoms with Crippen LogP contribution in [0.4, 0.5) is 0 Å². The number of aliphatic hydroxyl groups excluding tert-OH is 1. The maximum absolute atomic E-state index is 13.0. The summed E-state index contributed by atoms with van der Waals surface area (Å²) in [4.78, 5) is 13.0. The van der Waals surface area contributed by atoms with Crippen LogP contribution in [0.25, 0.3) is 0 Å². The van der Waals surface area contributed by atoms with Crippen LogP contribution >= 0.6 is 0 Å². The van der Waals surface area contributed by atoms with Gasteiger partial charge in [-0.3, -0.25) is 4.79 Å². The molecule has 1 atom stereocenters. The molecule has 0 heterocycles. The number of methoxy groups -OCH3 is 4. The Labute approximate surface area is 156 Å². The minimum atomic E-state index is -0.965. The van der Waals surface area contributed by atoms with E-state index in [1.54, 1.807) is 0 Å². The standard InChI is InChI=1S/C19H22O8/c1-24-13-5-10(6-14(25-2)18(13)22)12(9-20)17(21)11-7-15(26-3)19(23)16(8-11)27-4/h5-8,12,20,22-23H,9H2,1-4H3. The van der Waals surface area contributed by atoms with Crippen molar-refractivity contribution in [3.05, 3.63) is 35.4 Å². The highest BCUT2D eigenvalue weighted by molar-refractivity contribution is 6.02. The van der Waals surface area contributed by atoms with Gasteiger partial charge in [0.05, 0.1) is 41.0 Å². The molecule has 2 rings (SSSR count). The molecule has 0 radical (unpaired) electrons. The zero-order chi connectivity index (χ0) is 20.1. The molecule has 0 saturated carbocycles. The summed E-state index contributed by atoms with van der Waals surface area (Å²) >= 11 is 0. The Morgan fingerprint density at radius 1 is 0.815 bits per heavy atom. The first kappa shape index (κ1) is 20.2. The van der Waals surface area contributed by atoms with Gasteiger partial charge in [-0.15, -0.1) is 0 Å². The number of phenolic OH excluding ortho intramolecular Hbond substituents is 2. The highest BCUT2D eigenvalue weighted by atomic mass is 16.5. The van der Waals surface area contributed by atoms with Crippen LogP contribution in [-0.4, -0.2) is 56.1 Å². The fourth-order valence-electron chi connectivity index (χ4n) is 2.69. The minimum Gasteiger partial charge on any atom is -0.502 e. The highest BCUT2D eigenvalue weighted by Gasteiger charge is 2.26. The van der Waals surface area contributed by atoms with Gasteiger partial charge in [0.25, 0.3) is 0 Å². The lowest BCUT2D eigenvalue weighted by molar-refractivity contribution is 0.0921. The van der Waals surface area contributed by atoms with E-state index in [1.807, 2.05) is 0 Å². The lowest BCUT2D eigenvalue weighted by Gasteiger charge is -2.18. The molecule has 1 unspecified atom stereocenters. The maximum atomic E-state index is 13.0. The van der Waals surface area contributed by atoms with Crippen LogP contribution in [0.2, 0.25) is 0 Å². The molecule has 3 N–H and O–H groups in total. The maximum Gasteiger partial charge on any atom is 0.200 e. The largest absolute Gasteiger partial charge is 0.502 e. The summed E-state index contributed by atoms with van der Waals surface area (Å²) in [5, 5.41) is 29.9. The van der Waals surface area contributed by atoms with Gasteiger partial charge in [-0.25, -0.2) is 0 Å². The van der Waals surface area contributed by atoms with Gasteiger partial charge in [-0.1, -0.05) is 0 Å². The van der Waals surface area contributed by atoms with Gasteiger partial charge in [0.2, 0.25) is 11.5 Å². The first-order chi connectivity index (χ1) is 12.9. The number of aliphatic hydroxyl groups is 1. The second kappa shape index (κ2) is 8.50. The normalized spacial score (nSPS) is 11.6. The number of benzene rings is 2. The number of rotatable bonds is 8. The van der Waals surface area contributed by atoms with E-state index in [-0.39, 0.29) is 40.1 Å². The average molecular weight is 378 g/mol. The molecule has 0 aliphatic rings. The van der Waals surface area contributed by atoms with Crippen LogP contribution in [0.1, 0.15) is 21.8 Å². The van der Waals surface area contributed by atoms with Crippen LogP contribution in [0.5, 0.6) is 34.5 Å². The van der Waals surface area contributed by atoms with E-state index >= 15 is 0 Å². The highest BCUT2D eigenvalue weighted by Crippen LogP contribution is 2.41. The first-order valence-corrected chi connectivity index (χ1v) is 7.96. The lowest BCUT2D eigenvalue weighted by atomic mass is 9.90. The van der Waals surface area contributed by atoms with Crippen molar-refractivity contribution >= 4 is 5.78 Å². The number of carbonyl (C=O) groups excluding carboxylic acids is 1. The van der Waals surface area contributed by atoms with E-state index in [0.717, 1.165) is 0 Å². The molecule has 0 aliphatic carbocycles. The Kier molecular flexibility index (Phi) is 6.36. The van der Waals surface area contributed by atoms with Gasteiger partial charge >= 0.3 is 0 Å². The zero-order valence-electron chi connectivity index (χ0n) is 15.5. The molecular formula is C19H22O8. The Balaban J connectivity index is 2.54. The topological polar surface area (TPSA) is 115 Å². The van der Waals surface area contributed by atoms with E-state index in [2.05, 4.69) is 0 Å². The quantitative estimate of drug-likeness (QED) is 0.598. The summed E-state index contributed by atoms with van der Waals surface area (Å²) in [6, 6.07) is 5.62. The number of ketones is 1. The number of phenols is 2. The van der Waals surface area contributed by atoms with Crippen molar-refractivity contribution in [2.24, 2.45) is 0 Å². The van der Waals surface area contributed by atoms with Crippen LogP contribution in [0.15, 0.2) is 24.3 Å². The molecule has 0 aliphatic heterocycles. The third-order valence-corrected chi connectivity index (χ3v) is 4.17. The minimum absolute atomic E-state index is 0.0651. The van der Waals surface area contributed by atoms with Crippen LogP contribution in [-0.2, 0) is 0 Å². The number of hydrogen-bond acceptors (Lipinski definition) is 8. The summed E-state index contributed by atoms with van der Waals surface area (Å²) in [5.74, 6) is -1.50. The molecular weight excluding hydrogens is 356 g/mol. The average Bonchev–Trinajstić information content (AvgIpc) is 2.69. The first-order valence-electron chi connectivity index (χ1n) is 7.96. The summed E-state index contributed by atoms with van der Waals surface area (Å²) in [5.41, 5.74) is 0.562. The monoisotopic (exact) mass is 378 g/mol. The fraction of sp³-hybridized carbons (Fsp3) is 0.316. The summed E-state index contributed by atoms with van der Waals surface area (Å²) in [6.07, 6.45) is 0. The van der Waals surface area contributed by atoms with Crippen molar-refractivity contribution < 1.29 is 39.1 Å². The van der Waals surface area contributed by atoms with Crippen LogP contribution in [0.3, 0.4) is 0 Å². The number of Topliss-reactive ketones (excluding diaryl/α,β-unsaturated/α-hetero) is 1. The van der Waals surface area contributed by atoms with Crippen LogP contribution in [0, 0.1) is 0 Å². The Morgan fingerprint density at radius 2 is 1.19 bits per heavy atom. The molecule has 0 bridgehead atoms. The SMILES string of the molecule is COc1cc(C(=O)C(CO)c2cc(OC)c(O)c(OC)c2)cc(OC)c1O.